The van der Waals surface area contributed by atoms with Crippen LogP contribution in [0, 0.1) is 6.92 Å². The van der Waals surface area contributed by atoms with E-state index in [2.05, 4.69) is 10.2 Å². The normalized spacial score (nSPS) is 19.7. The number of nitrogens with one attached hydrogen (secondary N) is 1. The van der Waals surface area contributed by atoms with Crippen molar-refractivity contribution in [3.05, 3.63) is 29.5 Å². The first-order valence-electron chi connectivity index (χ1n) is 6.15. The third kappa shape index (κ3) is 1.76. The van der Waals surface area contributed by atoms with Crippen molar-refractivity contribution < 1.29 is 4.79 Å². The van der Waals surface area contributed by atoms with Crippen LogP contribution in [0.25, 0.3) is 10.9 Å². The number of nitrogens with two attached hydrogens (primary N) is 1. The van der Waals surface area contributed by atoms with Gasteiger partial charge in [-0.3, -0.25) is 9.89 Å². The Labute approximate surface area is 105 Å². The van der Waals surface area contributed by atoms with Gasteiger partial charge in [0.1, 0.15) is 0 Å². The Morgan fingerprint density at radius 1 is 1.56 bits per heavy atom. The van der Waals surface area contributed by atoms with Crippen LogP contribution in [0.4, 0.5) is 0 Å². The van der Waals surface area contributed by atoms with E-state index in [1.807, 2.05) is 25.1 Å². The van der Waals surface area contributed by atoms with Crippen molar-refractivity contribution in [3.8, 4) is 0 Å². The molecule has 0 spiro atoms. The zero-order chi connectivity index (χ0) is 12.7. The molecule has 0 bridgehead atoms. The van der Waals surface area contributed by atoms with Crippen molar-refractivity contribution in [2.24, 2.45) is 5.73 Å². The van der Waals surface area contributed by atoms with E-state index in [4.69, 9.17) is 5.73 Å². The van der Waals surface area contributed by atoms with Crippen molar-refractivity contribution in [1.29, 1.82) is 0 Å². The highest BCUT2D eigenvalue weighted by Gasteiger charge is 2.27. The highest BCUT2D eigenvalue weighted by molar-refractivity contribution is 6.04. The number of amides is 1. The number of nitrogens with zero attached hydrogens (tertiary/aromatic N) is 2. The van der Waals surface area contributed by atoms with Crippen LogP contribution in [-0.4, -0.2) is 40.1 Å². The fourth-order valence-electron chi connectivity index (χ4n) is 2.41. The predicted molar refractivity (Wildman–Crippen MR) is 69.3 cm³/mol. The highest BCUT2D eigenvalue weighted by atomic mass is 16.2. The molecule has 3 rings (SSSR count). The number of rotatable bonds is 1. The number of likely N-dealkylation sites (tertiary alicyclic amines) is 1. The molecule has 0 saturated carbocycles. The molecule has 5 heteroatoms. The summed E-state index contributed by atoms with van der Waals surface area (Å²) in [5.74, 6) is -0.0280. The van der Waals surface area contributed by atoms with Crippen molar-refractivity contribution in [2.45, 2.75) is 19.4 Å². The van der Waals surface area contributed by atoms with Gasteiger partial charge in [-0.1, -0.05) is 11.6 Å². The first kappa shape index (κ1) is 11.2. The lowest BCUT2D eigenvalue weighted by Crippen LogP contribution is -2.32. The second kappa shape index (κ2) is 4.10. The van der Waals surface area contributed by atoms with E-state index >= 15 is 0 Å². The molecule has 5 nitrogen and oxygen atoms in total. The molecule has 2 aromatic rings. The Bertz CT molecular complexity index is 604. The lowest BCUT2D eigenvalue weighted by Gasteiger charge is -2.14. The molecule has 2 heterocycles. The summed E-state index contributed by atoms with van der Waals surface area (Å²) in [7, 11) is 0. The Balaban J connectivity index is 1.99. The molecule has 94 valence electrons. The average molecular weight is 244 g/mol. The summed E-state index contributed by atoms with van der Waals surface area (Å²) in [6, 6.07) is 6.04. The molecule has 1 aromatic carbocycles. The van der Waals surface area contributed by atoms with Crippen LogP contribution < -0.4 is 5.73 Å². The molecule has 1 atom stereocenters. The Hall–Kier alpha value is -1.88. The maximum atomic E-state index is 12.4. The number of hydrogen-bond acceptors (Lipinski definition) is 3. The number of carbonyl (C=O) groups excluding carboxylic acids is 1. The number of aromatic amines is 1. The van der Waals surface area contributed by atoms with Gasteiger partial charge in [-0.15, -0.1) is 0 Å². The van der Waals surface area contributed by atoms with Crippen LogP contribution in [0.5, 0.6) is 0 Å². The quantitative estimate of drug-likeness (QED) is 0.787. The molecule has 1 fully saturated rings. The summed E-state index contributed by atoms with van der Waals surface area (Å²) in [5, 5.41) is 7.94. The second-order valence-electron chi connectivity index (χ2n) is 4.92. The van der Waals surface area contributed by atoms with Gasteiger partial charge < -0.3 is 10.6 Å². The van der Waals surface area contributed by atoms with E-state index in [1.165, 1.54) is 0 Å². The molecule has 1 saturated heterocycles. The minimum absolute atomic E-state index is 0.0280. The van der Waals surface area contributed by atoms with Crippen LogP contribution in [-0.2, 0) is 0 Å². The van der Waals surface area contributed by atoms with Gasteiger partial charge in [0.25, 0.3) is 5.91 Å². The summed E-state index contributed by atoms with van der Waals surface area (Å²) in [4.78, 5) is 14.1. The Morgan fingerprint density at radius 2 is 2.39 bits per heavy atom. The standard InChI is InChI=1S/C13H16N4O/c1-8-2-3-11-10(6-8)12(16-15-11)13(18)17-5-4-9(14)7-17/h2-3,6,9H,4-5,7,14H2,1H3,(H,15,16)/t9-/m1/s1. The van der Waals surface area contributed by atoms with Crippen molar-refractivity contribution in [1.82, 2.24) is 15.1 Å². The van der Waals surface area contributed by atoms with E-state index in [1.54, 1.807) is 4.90 Å². The van der Waals surface area contributed by atoms with Gasteiger partial charge in [0.05, 0.1) is 5.52 Å². The predicted octanol–water partition coefficient (Wildman–Crippen LogP) is 1.04. The molecule has 0 aliphatic carbocycles. The molecule has 0 radical (unpaired) electrons. The molecule has 1 amide bonds. The minimum atomic E-state index is -0.0280. The first-order chi connectivity index (χ1) is 8.65. The van der Waals surface area contributed by atoms with E-state index in [9.17, 15) is 4.79 Å². The number of benzene rings is 1. The van der Waals surface area contributed by atoms with Crippen LogP contribution in [0.2, 0.25) is 0 Å². The van der Waals surface area contributed by atoms with Gasteiger partial charge in [-0.2, -0.15) is 5.10 Å². The van der Waals surface area contributed by atoms with Crippen molar-refractivity contribution in [2.75, 3.05) is 13.1 Å². The zero-order valence-corrected chi connectivity index (χ0v) is 10.3. The molecule has 1 aromatic heterocycles. The molecule has 18 heavy (non-hydrogen) atoms. The number of aromatic nitrogens is 2. The van der Waals surface area contributed by atoms with E-state index < -0.39 is 0 Å². The van der Waals surface area contributed by atoms with E-state index in [-0.39, 0.29) is 11.9 Å². The number of H-pyrrole nitrogens is 1. The topological polar surface area (TPSA) is 75.0 Å². The third-order valence-electron chi connectivity index (χ3n) is 3.43. The summed E-state index contributed by atoms with van der Waals surface area (Å²) in [5.41, 5.74) is 8.35. The highest BCUT2D eigenvalue weighted by Crippen LogP contribution is 2.20. The lowest BCUT2D eigenvalue weighted by molar-refractivity contribution is 0.0787. The molecule has 3 N–H and O–H groups in total. The summed E-state index contributed by atoms with van der Waals surface area (Å²) < 4.78 is 0. The summed E-state index contributed by atoms with van der Waals surface area (Å²) in [6.07, 6.45) is 0.868. The zero-order valence-electron chi connectivity index (χ0n) is 10.3. The fraction of sp³-hybridized carbons (Fsp3) is 0.385. The van der Waals surface area contributed by atoms with Crippen LogP contribution in [0.3, 0.4) is 0 Å². The van der Waals surface area contributed by atoms with E-state index in [0.717, 1.165) is 29.4 Å². The van der Waals surface area contributed by atoms with Crippen molar-refractivity contribution >= 4 is 16.8 Å². The smallest absolute Gasteiger partial charge is 0.275 e. The maximum Gasteiger partial charge on any atom is 0.275 e. The number of aryl methyl sites for hydroxylation is 1. The number of fused-ring (bicyclic) bond motifs is 1. The minimum Gasteiger partial charge on any atom is -0.336 e. The lowest BCUT2D eigenvalue weighted by atomic mass is 10.1. The largest absolute Gasteiger partial charge is 0.336 e. The molecular weight excluding hydrogens is 228 g/mol. The fourth-order valence-corrected chi connectivity index (χ4v) is 2.41. The maximum absolute atomic E-state index is 12.4. The molecular formula is C13H16N4O. The van der Waals surface area contributed by atoms with Gasteiger partial charge in [-0.05, 0) is 25.5 Å². The van der Waals surface area contributed by atoms with Crippen molar-refractivity contribution in [3.63, 3.8) is 0 Å². The number of hydrogen-bond donors (Lipinski definition) is 2. The van der Waals surface area contributed by atoms with Crippen LogP contribution >= 0.6 is 0 Å². The van der Waals surface area contributed by atoms with Crippen LogP contribution in [0.15, 0.2) is 18.2 Å². The molecule has 0 unspecified atom stereocenters. The van der Waals surface area contributed by atoms with E-state index in [0.29, 0.717) is 12.2 Å². The molecule has 1 aliphatic rings. The second-order valence-corrected chi connectivity index (χ2v) is 4.92. The Kier molecular flexibility index (Phi) is 2.56. The van der Waals surface area contributed by atoms with Gasteiger partial charge in [0.15, 0.2) is 5.69 Å². The third-order valence-corrected chi connectivity index (χ3v) is 3.43. The average Bonchev–Trinajstić information content (AvgIpc) is 2.94. The summed E-state index contributed by atoms with van der Waals surface area (Å²) >= 11 is 0. The SMILES string of the molecule is Cc1ccc2[nH]nc(C(=O)N3CC[C@@H](N)C3)c2c1. The first-order valence-corrected chi connectivity index (χ1v) is 6.15. The number of carbonyl (C=O) groups is 1. The van der Waals surface area contributed by atoms with Crippen LogP contribution in [0.1, 0.15) is 22.5 Å². The monoisotopic (exact) mass is 244 g/mol. The Morgan fingerprint density at radius 3 is 3.11 bits per heavy atom. The van der Waals surface area contributed by atoms with Gasteiger partial charge in [-0.25, -0.2) is 0 Å². The van der Waals surface area contributed by atoms with Gasteiger partial charge in [0.2, 0.25) is 0 Å². The van der Waals surface area contributed by atoms with Gasteiger partial charge in [0, 0.05) is 24.5 Å². The van der Waals surface area contributed by atoms with Gasteiger partial charge >= 0.3 is 0 Å². The summed E-state index contributed by atoms with van der Waals surface area (Å²) in [6.45, 7) is 3.35. The molecule has 1 aliphatic heterocycles.